The van der Waals surface area contributed by atoms with Crippen molar-refractivity contribution < 1.29 is 10.2 Å². The van der Waals surface area contributed by atoms with Gasteiger partial charge in [0.15, 0.2) is 0 Å². The number of aromatic nitrogens is 1. The molecule has 3 nitrogen and oxygen atoms in total. The number of aromatic hydroxyl groups is 2. The molecule has 0 saturated carbocycles. The number of phenolic OH excluding ortho intramolecular Hbond substituents is 2. The Kier molecular flexibility index (Phi) is 2.61. The second-order valence-electron chi connectivity index (χ2n) is 3.84. The van der Waals surface area contributed by atoms with Crippen LogP contribution in [0.1, 0.15) is 0 Å². The lowest BCUT2D eigenvalue weighted by molar-refractivity contribution is 0.475. The van der Waals surface area contributed by atoms with Gasteiger partial charge in [-0.3, -0.25) is 0 Å². The van der Waals surface area contributed by atoms with Crippen molar-refractivity contribution in [1.82, 2.24) is 4.98 Å². The van der Waals surface area contributed by atoms with E-state index in [-0.39, 0.29) is 11.5 Å². The number of halogens is 1. The van der Waals surface area contributed by atoms with Crippen molar-refractivity contribution in [3.8, 4) is 22.1 Å². The smallest absolute Gasteiger partial charge is 0.124 e. The van der Waals surface area contributed by atoms with Crippen LogP contribution < -0.4 is 0 Å². The first kappa shape index (κ1) is 11.3. The molecule has 90 valence electrons. The highest BCUT2D eigenvalue weighted by atomic mass is 35.5. The number of rotatable bonds is 1. The Morgan fingerprint density at radius 3 is 2.44 bits per heavy atom. The number of hydrogen-bond donors (Lipinski definition) is 2. The zero-order valence-corrected chi connectivity index (χ0v) is 10.7. The van der Waals surface area contributed by atoms with E-state index in [2.05, 4.69) is 4.98 Å². The number of thiazole rings is 1. The van der Waals surface area contributed by atoms with Crippen LogP contribution in [0.3, 0.4) is 0 Å². The van der Waals surface area contributed by atoms with Crippen molar-refractivity contribution in [3.63, 3.8) is 0 Å². The number of hydrogen-bond acceptors (Lipinski definition) is 4. The summed E-state index contributed by atoms with van der Waals surface area (Å²) in [5.74, 6) is 0.351. The van der Waals surface area contributed by atoms with E-state index in [9.17, 15) is 10.2 Å². The molecule has 0 aliphatic heterocycles. The van der Waals surface area contributed by atoms with Crippen LogP contribution in [0.4, 0.5) is 0 Å². The van der Waals surface area contributed by atoms with Crippen molar-refractivity contribution in [2.24, 2.45) is 0 Å². The molecule has 3 aromatic rings. The zero-order chi connectivity index (χ0) is 12.7. The van der Waals surface area contributed by atoms with Crippen molar-refractivity contribution >= 4 is 33.2 Å². The van der Waals surface area contributed by atoms with Crippen molar-refractivity contribution in [2.45, 2.75) is 0 Å². The first-order valence-electron chi connectivity index (χ1n) is 5.22. The first-order valence-corrected chi connectivity index (χ1v) is 6.41. The summed E-state index contributed by atoms with van der Waals surface area (Å²) >= 11 is 7.48. The molecular formula is C13H8ClNO2S. The molecule has 0 saturated heterocycles. The van der Waals surface area contributed by atoms with Crippen LogP contribution in [0.15, 0.2) is 36.4 Å². The molecule has 3 rings (SSSR count). The van der Waals surface area contributed by atoms with E-state index >= 15 is 0 Å². The van der Waals surface area contributed by atoms with Crippen LogP contribution in [-0.4, -0.2) is 15.2 Å². The third kappa shape index (κ3) is 1.89. The standard InChI is InChI=1S/C13H8ClNO2S/c14-10-5-9(17)6-11-12(10)15-13(18-11)7-1-3-8(16)4-2-7/h1-6,16-17H. The van der Waals surface area contributed by atoms with Crippen LogP contribution in [0.2, 0.25) is 5.02 Å². The van der Waals surface area contributed by atoms with Gasteiger partial charge in [-0.2, -0.15) is 0 Å². The maximum Gasteiger partial charge on any atom is 0.124 e. The topological polar surface area (TPSA) is 53.4 Å². The molecule has 0 fully saturated rings. The highest BCUT2D eigenvalue weighted by Crippen LogP contribution is 2.36. The summed E-state index contributed by atoms with van der Waals surface area (Å²) in [4.78, 5) is 4.45. The lowest BCUT2D eigenvalue weighted by atomic mass is 10.2. The summed E-state index contributed by atoms with van der Waals surface area (Å²) in [5, 5.41) is 20.0. The predicted molar refractivity (Wildman–Crippen MR) is 73.4 cm³/mol. The quantitative estimate of drug-likeness (QED) is 0.706. The predicted octanol–water partition coefficient (Wildman–Crippen LogP) is 4.03. The minimum Gasteiger partial charge on any atom is -0.508 e. The van der Waals surface area contributed by atoms with Gasteiger partial charge in [-0.25, -0.2) is 4.98 Å². The van der Waals surface area contributed by atoms with Crippen LogP contribution >= 0.6 is 22.9 Å². The number of fused-ring (bicyclic) bond motifs is 1. The van der Waals surface area contributed by atoms with Crippen LogP contribution in [0.25, 0.3) is 20.8 Å². The van der Waals surface area contributed by atoms with Crippen molar-refractivity contribution in [2.75, 3.05) is 0 Å². The third-order valence-corrected chi connectivity index (χ3v) is 3.89. The second kappa shape index (κ2) is 4.15. The van der Waals surface area contributed by atoms with Gasteiger partial charge >= 0.3 is 0 Å². The van der Waals surface area contributed by atoms with E-state index in [0.717, 1.165) is 15.3 Å². The summed E-state index contributed by atoms with van der Waals surface area (Å²) in [6, 6.07) is 9.93. The molecule has 0 bridgehead atoms. The van der Waals surface area contributed by atoms with E-state index in [1.54, 1.807) is 30.3 Å². The normalized spacial score (nSPS) is 10.9. The van der Waals surface area contributed by atoms with Gasteiger partial charge in [0.05, 0.1) is 9.72 Å². The van der Waals surface area contributed by atoms with Gasteiger partial charge < -0.3 is 10.2 Å². The number of benzene rings is 2. The molecule has 2 aromatic carbocycles. The van der Waals surface area contributed by atoms with Gasteiger partial charge in [-0.15, -0.1) is 11.3 Å². The lowest BCUT2D eigenvalue weighted by Gasteiger charge is -1.95. The number of phenols is 2. The van der Waals surface area contributed by atoms with E-state index in [0.29, 0.717) is 10.5 Å². The molecule has 0 aliphatic carbocycles. The molecule has 0 radical (unpaired) electrons. The Morgan fingerprint density at radius 1 is 1.00 bits per heavy atom. The van der Waals surface area contributed by atoms with Crippen molar-refractivity contribution in [1.29, 1.82) is 0 Å². The van der Waals surface area contributed by atoms with Crippen molar-refractivity contribution in [3.05, 3.63) is 41.4 Å². The Morgan fingerprint density at radius 2 is 1.72 bits per heavy atom. The van der Waals surface area contributed by atoms with Gasteiger partial charge in [0.1, 0.15) is 22.0 Å². The van der Waals surface area contributed by atoms with E-state index < -0.39 is 0 Å². The lowest BCUT2D eigenvalue weighted by Crippen LogP contribution is -1.75. The molecular weight excluding hydrogens is 270 g/mol. The Labute approximate surface area is 112 Å². The van der Waals surface area contributed by atoms with Crippen LogP contribution in [0.5, 0.6) is 11.5 Å². The van der Waals surface area contributed by atoms with E-state index in [1.165, 1.54) is 17.4 Å². The highest BCUT2D eigenvalue weighted by Gasteiger charge is 2.10. The SMILES string of the molecule is Oc1ccc(-c2nc3c(Cl)cc(O)cc3s2)cc1. The highest BCUT2D eigenvalue weighted by molar-refractivity contribution is 7.21. The number of nitrogens with zero attached hydrogens (tertiary/aromatic N) is 1. The monoisotopic (exact) mass is 277 g/mol. The van der Waals surface area contributed by atoms with Crippen LogP contribution in [0, 0.1) is 0 Å². The fraction of sp³-hybridized carbons (Fsp3) is 0. The Hall–Kier alpha value is -1.78. The van der Waals surface area contributed by atoms with Gasteiger partial charge in [0.25, 0.3) is 0 Å². The Bertz CT molecular complexity index is 722. The van der Waals surface area contributed by atoms with Gasteiger partial charge in [0, 0.05) is 11.6 Å². The largest absolute Gasteiger partial charge is 0.508 e. The molecule has 5 heteroatoms. The molecule has 1 aromatic heterocycles. The third-order valence-electron chi connectivity index (χ3n) is 2.55. The molecule has 0 amide bonds. The van der Waals surface area contributed by atoms with Crippen LogP contribution in [-0.2, 0) is 0 Å². The second-order valence-corrected chi connectivity index (χ2v) is 5.28. The summed E-state index contributed by atoms with van der Waals surface area (Å²) in [7, 11) is 0. The summed E-state index contributed by atoms with van der Waals surface area (Å²) in [6.07, 6.45) is 0. The first-order chi connectivity index (χ1) is 8.63. The molecule has 0 atom stereocenters. The van der Waals surface area contributed by atoms with E-state index in [4.69, 9.17) is 11.6 Å². The summed E-state index contributed by atoms with van der Waals surface area (Å²) in [6.45, 7) is 0. The summed E-state index contributed by atoms with van der Waals surface area (Å²) in [5.41, 5.74) is 1.59. The van der Waals surface area contributed by atoms with Gasteiger partial charge in [-0.1, -0.05) is 11.6 Å². The fourth-order valence-electron chi connectivity index (χ4n) is 1.70. The van der Waals surface area contributed by atoms with Gasteiger partial charge in [-0.05, 0) is 30.3 Å². The average molecular weight is 278 g/mol. The molecule has 1 heterocycles. The zero-order valence-electron chi connectivity index (χ0n) is 9.09. The molecule has 2 N–H and O–H groups in total. The molecule has 0 unspecified atom stereocenters. The molecule has 0 spiro atoms. The minimum absolute atomic E-state index is 0.133. The minimum atomic E-state index is 0.133. The van der Waals surface area contributed by atoms with Gasteiger partial charge in [0.2, 0.25) is 0 Å². The average Bonchev–Trinajstić information content (AvgIpc) is 2.74. The summed E-state index contributed by atoms with van der Waals surface area (Å²) < 4.78 is 0.836. The fourth-order valence-corrected chi connectivity index (χ4v) is 3.05. The Balaban J connectivity index is 2.19. The molecule has 0 aliphatic rings. The maximum atomic E-state index is 9.49. The molecule has 18 heavy (non-hydrogen) atoms. The maximum absolute atomic E-state index is 9.49. The van der Waals surface area contributed by atoms with E-state index in [1.807, 2.05) is 0 Å².